The molecule has 2 aliphatic heterocycles. The second-order valence-electron chi connectivity index (χ2n) is 4.87. The van der Waals surface area contributed by atoms with Crippen LogP contribution in [0, 0.1) is 0 Å². The largest absolute Gasteiger partial charge is 0.369 e. The first-order valence-corrected chi connectivity index (χ1v) is 8.10. The van der Waals surface area contributed by atoms with Crippen molar-refractivity contribution < 1.29 is 0 Å². The Bertz CT molecular complexity index is 483. The summed E-state index contributed by atoms with van der Waals surface area (Å²) in [5, 5.41) is 0. The minimum Gasteiger partial charge on any atom is -0.369 e. The second kappa shape index (κ2) is 4.78. The third-order valence-electron chi connectivity index (χ3n) is 3.61. The molecule has 0 amide bonds. The van der Waals surface area contributed by atoms with E-state index in [1.165, 1.54) is 18.6 Å². The van der Waals surface area contributed by atoms with Crippen LogP contribution in [0.4, 0.5) is 5.69 Å². The molecule has 1 aromatic carbocycles. The molecule has 1 unspecified atom stereocenters. The van der Waals surface area contributed by atoms with Crippen molar-refractivity contribution in [2.45, 2.75) is 18.4 Å². The van der Waals surface area contributed by atoms with Gasteiger partial charge in [0.2, 0.25) is 0 Å². The summed E-state index contributed by atoms with van der Waals surface area (Å²) >= 11 is 5.54. The number of thioether (sulfide) groups is 1. The van der Waals surface area contributed by atoms with Crippen LogP contribution in [0.1, 0.15) is 12.8 Å². The summed E-state index contributed by atoms with van der Waals surface area (Å²) in [4.78, 5) is 6.73. The maximum absolute atomic E-state index is 6.12. The van der Waals surface area contributed by atoms with Crippen molar-refractivity contribution in [3.05, 3.63) is 28.7 Å². The van der Waals surface area contributed by atoms with Crippen molar-refractivity contribution in [3.8, 4) is 0 Å². The average Bonchev–Trinajstić information content (AvgIpc) is 2.67. The molecule has 1 spiro atoms. The number of anilines is 1. The number of halogens is 1. The van der Waals surface area contributed by atoms with Crippen LogP contribution in [-0.2, 0) is 0 Å². The maximum Gasteiger partial charge on any atom is 0.196 e. The normalized spacial score (nSPS) is 27.6. The van der Waals surface area contributed by atoms with E-state index in [4.69, 9.17) is 5.73 Å². The molecule has 0 aliphatic carbocycles. The third kappa shape index (κ3) is 2.03. The molecular weight excluding hydrogens is 310 g/mol. The van der Waals surface area contributed by atoms with Gasteiger partial charge in [0, 0.05) is 15.9 Å². The van der Waals surface area contributed by atoms with Gasteiger partial charge in [0.15, 0.2) is 5.96 Å². The van der Waals surface area contributed by atoms with Crippen LogP contribution in [0.3, 0.4) is 0 Å². The highest BCUT2D eigenvalue weighted by Gasteiger charge is 2.44. The minimum absolute atomic E-state index is 0.105. The zero-order valence-electron chi connectivity index (χ0n) is 10.1. The topological polar surface area (TPSA) is 41.6 Å². The second-order valence-corrected chi connectivity index (χ2v) is 6.89. The Hall–Kier alpha value is -0.680. The van der Waals surface area contributed by atoms with Gasteiger partial charge in [-0.25, -0.2) is 0 Å². The first kappa shape index (κ1) is 12.4. The molecule has 1 aromatic rings. The number of nitrogens with zero attached hydrogens (tertiary/aromatic N) is 2. The molecule has 2 aliphatic rings. The van der Waals surface area contributed by atoms with Crippen molar-refractivity contribution >= 4 is 39.3 Å². The highest BCUT2D eigenvalue weighted by Crippen LogP contribution is 2.38. The number of rotatable bonds is 1. The maximum atomic E-state index is 6.12. The molecule has 3 rings (SSSR count). The zero-order chi connectivity index (χ0) is 12.6. The molecule has 1 saturated heterocycles. The zero-order valence-corrected chi connectivity index (χ0v) is 12.5. The Balaban J connectivity index is 1.98. The van der Waals surface area contributed by atoms with E-state index < -0.39 is 0 Å². The minimum atomic E-state index is 0.105. The Kier molecular flexibility index (Phi) is 3.28. The van der Waals surface area contributed by atoms with E-state index in [-0.39, 0.29) is 5.54 Å². The number of aliphatic imine (C=N–C) groups is 1. The van der Waals surface area contributed by atoms with Crippen LogP contribution in [0.15, 0.2) is 33.7 Å². The van der Waals surface area contributed by atoms with Gasteiger partial charge in [0.05, 0.1) is 12.1 Å². The molecule has 1 atom stereocenters. The lowest BCUT2D eigenvalue weighted by Crippen LogP contribution is -2.55. The van der Waals surface area contributed by atoms with E-state index in [1.807, 2.05) is 17.8 Å². The smallest absolute Gasteiger partial charge is 0.196 e. The van der Waals surface area contributed by atoms with Crippen LogP contribution < -0.4 is 10.6 Å². The number of hydrogen-bond donors (Lipinski definition) is 1. The van der Waals surface area contributed by atoms with Crippen molar-refractivity contribution in [1.82, 2.24) is 0 Å². The molecule has 5 heteroatoms. The highest BCUT2D eigenvalue weighted by molar-refractivity contribution is 9.10. The predicted octanol–water partition coefficient (Wildman–Crippen LogP) is 2.85. The molecule has 0 radical (unpaired) electrons. The molecule has 0 bridgehead atoms. The first-order valence-electron chi connectivity index (χ1n) is 6.15. The summed E-state index contributed by atoms with van der Waals surface area (Å²) in [5.74, 6) is 3.04. The van der Waals surface area contributed by atoms with Crippen LogP contribution in [0.25, 0.3) is 0 Å². The van der Waals surface area contributed by atoms with E-state index in [2.05, 4.69) is 44.0 Å². The lowest BCUT2D eigenvalue weighted by atomic mass is 9.94. The van der Waals surface area contributed by atoms with E-state index in [1.54, 1.807) is 0 Å². The Morgan fingerprint density at radius 2 is 2.33 bits per heavy atom. The predicted molar refractivity (Wildman–Crippen MR) is 82.4 cm³/mol. The molecule has 1 fully saturated rings. The van der Waals surface area contributed by atoms with Crippen molar-refractivity contribution in [3.63, 3.8) is 0 Å². The van der Waals surface area contributed by atoms with Crippen LogP contribution in [0.2, 0.25) is 0 Å². The summed E-state index contributed by atoms with van der Waals surface area (Å²) in [6, 6.07) is 8.32. The highest BCUT2D eigenvalue weighted by atomic mass is 79.9. The molecule has 0 saturated carbocycles. The molecule has 96 valence electrons. The van der Waals surface area contributed by atoms with Gasteiger partial charge >= 0.3 is 0 Å². The summed E-state index contributed by atoms with van der Waals surface area (Å²) in [5.41, 5.74) is 7.37. The van der Waals surface area contributed by atoms with Gasteiger partial charge in [-0.05, 0) is 36.8 Å². The van der Waals surface area contributed by atoms with Crippen LogP contribution in [0.5, 0.6) is 0 Å². The Morgan fingerprint density at radius 1 is 1.44 bits per heavy atom. The third-order valence-corrected chi connectivity index (χ3v) is 5.42. The van der Waals surface area contributed by atoms with Gasteiger partial charge in [-0.1, -0.05) is 22.0 Å². The number of hydrogen-bond acceptors (Lipinski definition) is 4. The van der Waals surface area contributed by atoms with Crippen LogP contribution >= 0.6 is 27.7 Å². The molecule has 18 heavy (non-hydrogen) atoms. The fraction of sp³-hybridized carbons (Fsp3) is 0.462. The number of nitrogens with two attached hydrogens (primary N) is 1. The van der Waals surface area contributed by atoms with Gasteiger partial charge in [-0.2, -0.15) is 11.8 Å². The molecule has 3 nitrogen and oxygen atoms in total. The van der Waals surface area contributed by atoms with Gasteiger partial charge in [0.25, 0.3) is 0 Å². The fourth-order valence-corrected chi connectivity index (χ4v) is 4.40. The SMILES string of the molecule is NC1=NCC2(CCCSC2)N1c1cccc(Br)c1. The number of benzene rings is 1. The van der Waals surface area contributed by atoms with Crippen molar-refractivity contribution in [2.75, 3.05) is 23.0 Å². The van der Waals surface area contributed by atoms with Gasteiger partial charge < -0.3 is 10.6 Å². The summed E-state index contributed by atoms with van der Waals surface area (Å²) < 4.78 is 1.08. The lowest BCUT2D eigenvalue weighted by molar-refractivity contribution is 0.457. The van der Waals surface area contributed by atoms with E-state index in [0.29, 0.717) is 5.96 Å². The first-order chi connectivity index (χ1) is 8.71. The van der Waals surface area contributed by atoms with Crippen molar-refractivity contribution in [1.29, 1.82) is 0 Å². The summed E-state index contributed by atoms with van der Waals surface area (Å²) in [6.07, 6.45) is 2.43. The van der Waals surface area contributed by atoms with Gasteiger partial charge in [-0.3, -0.25) is 4.99 Å². The molecular formula is C13H16BrN3S. The van der Waals surface area contributed by atoms with E-state index >= 15 is 0 Å². The molecule has 0 aromatic heterocycles. The quantitative estimate of drug-likeness (QED) is 0.863. The number of guanidine groups is 1. The molecule has 2 N–H and O–H groups in total. The molecule has 2 heterocycles. The van der Waals surface area contributed by atoms with Gasteiger partial charge in [-0.15, -0.1) is 0 Å². The van der Waals surface area contributed by atoms with Crippen molar-refractivity contribution in [2.24, 2.45) is 10.7 Å². The average molecular weight is 326 g/mol. The van der Waals surface area contributed by atoms with Gasteiger partial charge in [0.1, 0.15) is 0 Å². The summed E-state index contributed by atoms with van der Waals surface area (Å²) in [7, 11) is 0. The van der Waals surface area contributed by atoms with E-state index in [0.717, 1.165) is 22.5 Å². The summed E-state index contributed by atoms with van der Waals surface area (Å²) in [6.45, 7) is 0.832. The Labute approximate surface area is 120 Å². The monoisotopic (exact) mass is 325 g/mol. The lowest BCUT2D eigenvalue weighted by Gasteiger charge is -2.41. The standard InChI is InChI=1S/C13H16BrN3S/c14-10-3-1-4-11(7-10)17-12(15)16-8-13(17)5-2-6-18-9-13/h1,3-4,7H,2,5-6,8-9H2,(H2,15,16). The van der Waals surface area contributed by atoms with Crippen LogP contribution in [-0.4, -0.2) is 29.5 Å². The van der Waals surface area contributed by atoms with E-state index in [9.17, 15) is 0 Å². The fourth-order valence-electron chi connectivity index (χ4n) is 2.77. The Morgan fingerprint density at radius 3 is 3.06 bits per heavy atom.